The number of phenols is 1. The minimum absolute atomic E-state index is 0.0799. The number of carbonyl (C=O) groups excluding carboxylic acids is 1. The van der Waals surface area contributed by atoms with Crippen LogP contribution >= 0.6 is 36.4 Å². The van der Waals surface area contributed by atoms with Crippen LogP contribution in [-0.4, -0.2) is 87.0 Å². The van der Waals surface area contributed by atoms with Crippen LogP contribution in [0.1, 0.15) is 22.3 Å². The van der Waals surface area contributed by atoms with E-state index in [2.05, 4.69) is 63.5 Å². The molecule has 78 heavy (non-hydrogen) atoms. The first-order valence-corrected chi connectivity index (χ1v) is 29.1. The second-order valence-electron chi connectivity index (χ2n) is 15.4. The maximum absolute atomic E-state index is 13.4. The highest BCUT2D eigenvalue weighted by Gasteiger charge is 2.31. The Hall–Kier alpha value is -6.38. The third-order valence-electron chi connectivity index (χ3n) is 10.6. The lowest BCUT2D eigenvalue weighted by atomic mass is 9.88. The second kappa shape index (κ2) is 25.2. The Kier molecular flexibility index (Phi) is 19.1. The van der Waals surface area contributed by atoms with Crippen LogP contribution in [0.2, 0.25) is 0 Å². The van der Waals surface area contributed by atoms with Crippen LogP contribution in [0.15, 0.2) is 146 Å². The van der Waals surface area contributed by atoms with E-state index in [1.807, 2.05) is 0 Å². The molecule has 1 aliphatic rings. The molecule has 0 radical (unpaired) electrons. The van der Waals surface area contributed by atoms with Gasteiger partial charge in [0.2, 0.25) is 0 Å². The van der Waals surface area contributed by atoms with Crippen molar-refractivity contribution in [1.29, 1.82) is 0 Å². The molecule has 7 rings (SSSR count). The number of nitrogen functional groups attached to an aromatic ring is 2. The molecule has 0 fully saturated rings. The van der Waals surface area contributed by atoms with E-state index in [9.17, 15) is 52.7 Å². The molecule has 0 saturated carbocycles. The van der Waals surface area contributed by atoms with Gasteiger partial charge in [0.05, 0.1) is 67.2 Å². The number of benzene rings is 6. The average molecular weight is 1220 g/mol. The van der Waals surface area contributed by atoms with E-state index in [4.69, 9.17) is 31.4 Å². The average Bonchev–Trinajstić information content (AvgIpc) is 3.52. The van der Waals surface area contributed by atoms with Gasteiger partial charge in [0, 0.05) is 35.0 Å². The smallest absolute Gasteiger partial charge is 0.296 e. The highest BCUT2D eigenvalue weighted by Crippen LogP contribution is 2.50. The third-order valence-corrected chi connectivity index (χ3v) is 17.1. The molecule has 0 aliphatic heterocycles. The zero-order chi connectivity index (χ0) is 56.6. The van der Waals surface area contributed by atoms with Crippen molar-refractivity contribution < 1.29 is 101 Å². The molecule has 0 heterocycles. The number of phenolic OH excluding ortho intramolecular Hbond substituents is 1. The molecule has 0 saturated heterocycles. The Balaban J connectivity index is 1.13. The van der Waals surface area contributed by atoms with E-state index in [0.717, 1.165) is 60.6 Å². The SMILES string of the molecule is Nc1ccc2c(c1N=Nc1ccc(NS(=O)(=O)c3ccc(N=Nc4c(S(=O)(=O)O)cc5cc(SOOO)c(N=Nc6ccc(S(=O)(=O)CCOSOOO)cc6S(=O)(=O)O)c(N)c5c4O)cc3)cc1)CC(SOOO)CC2=O. The maximum Gasteiger partial charge on any atom is 0.296 e. The highest BCUT2D eigenvalue weighted by molar-refractivity contribution is 7.95. The number of nitrogens with one attached hydrogen (secondary N) is 1. The van der Waals surface area contributed by atoms with Crippen LogP contribution in [0.3, 0.4) is 0 Å². The number of fused-ring (bicyclic) bond motifs is 2. The maximum atomic E-state index is 13.4. The van der Waals surface area contributed by atoms with Gasteiger partial charge in [0.15, 0.2) is 33.7 Å². The van der Waals surface area contributed by atoms with E-state index in [-0.39, 0.29) is 86.6 Å². The fourth-order valence-electron chi connectivity index (χ4n) is 7.15. The van der Waals surface area contributed by atoms with E-state index < -0.39 is 106 Å². The predicted octanol–water partition coefficient (Wildman–Crippen LogP) is 9.02. The van der Waals surface area contributed by atoms with E-state index in [1.165, 1.54) is 30.3 Å². The van der Waals surface area contributed by atoms with Gasteiger partial charge in [-0.15, -0.1) is 33.5 Å². The first-order chi connectivity index (χ1) is 36.9. The second-order valence-corrected chi connectivity index (χ2v) is 24.2. The van der Waals surface area contributed by atoms with E-state index in [0.29, 0.717) is 17.2 Å². The van der Waals surface area contributed by atoms with Gasteiger partial charge in [0.25, 0.3) is 30.3 Å². The molecule has 6 aromatic carbocycles. The Morgan fingerprint density at radius 2 is 1.27 bits per heavy atom. The quantitative estimate of drug-likeness (QED) is 0.00518. The summed E-state index contributed by atoms with van der Waals surface area (Å²) in [6, 6.07) is 17.4. The van der Waals surface area contributed by atoms with Crippen molar-refractivity contribution in [3.05, 3.63) is 102 Å². The summed E-state index contributed by atoms with van der Waals surface area (Å²) in [5.74, 6) is -2.02. The molecule has 1 aliphatic carbocycles. The lowest BCUT2D eigenvalue weighted by molar-refractivity contribution is -0.434. The third kappa shape index (κ3) is 14.3. The molecule has 11 N–H and O–H groups in total. The van der Waals surface area contributed by atoms with Crippen molar-refractivity contribution in [3.63, 3.8) is 0 Å². The number of nitrogens with zero attached hydrogens (tertiary/aromatic N) is 6. The van der Waals surface area contributed by atoms with Crippen molar-refractivity contribution in [3.8, 4) is 5.75 Å². The van der Waals surface area contributed by atoms with Gasteiger partial charge >= 0.3 is 0 Å². The van der Waals surface area contributed by atoms with Crippen LogP contribution in [-0.2, 0) is 78.8 Å². The van der Waals surface area contributed by atoms with Crippen molar-refractivity contribution >= 4 is 144 Å². The van der Waals surface area contributed by atoms with E-state index >= 15 is 0 Å². The number of anilines is 3. The zero-order valence-corrected chi connectivity index (χ0v) is 44.2. The molecule has 38 heteroatoms. The molecule has 1 atom stereocenters. The first kappa shape index (κ1) is 59.3. The Labute approximate surface area is 452 Å². The summed E-state index contributed by atoms with van der Waals surface area (Å²) >= 11 is 1.00. The fourth-order valence-corrected chi connectivity index (χ4v) is 12.1. The number of ketones is 1. The molecular weight excluding hydrogens is 1180 g/mol. The summed E-state index contributed by atoms with van der Waals surface area (Å²) < 4.78 is 143. The zero-order valence-electron chi connectivity index (χ0n) is 38.5. The van der Waals surface area contributed by atoms with Crippen LogP contribution in [0.5, 0.6) is 5.75 Å². The number of nitrogens with two attached hydrogens (primary N) is 2. The van der Waals surface area contributed by atoms with E-state index in [1.54, 1.807) is 6.07 Å². The van der Waals surface area contributed by atoms with Gasteiger partial charge < -0.3 is 16.6 Å². The monoisotopic (exact) mass is 1220 g/mol. The Bertz CT molecular complexity index is 3820. The van der Waals surface area contributed by atoms with Gasteiger partial charge in [-0.2, -0.15) is 27.1 Å². The van der Waals surface area contributed by atoms with Crippen LogP contribution < -0.4 is 16.2 Å². The number of sulfone groups is 1. The number of Topliss-reactive ketones (excluding diaryl/α,β-unsaturated/α-hetero) is 1. The molecule has 0 amide bonds. The topological polar surface area (TPSA) is 478 Å². The Morgan fingerprint density at radius 1 is 0.654 bits per heavy atom. The van der Waals surface area contributed by atoms with Crippen LogP contribution in [0, 0.1) is 0 Å². The molecule has 6 aromatic rings. The highest BCUT2D eigenvalue weighted by atomic mass is 32.2. The van der Waals surface area contributed by atoms with Crippen molar-refractivity contribution in [1.82, 2.24) is 0 Å². The summed E-state index contributed by atoms with van der Waals surface area (Å²) in [5, 5.41) is 70.5. The van der Waals surface area contributed by atoms with Gasteiger partial charge in [-0.25, -0.2) is 32.6 Å². The molecule has 414 valence electrons. The molecule has 31 nitrogen and oxygen atoms in total. The normalized spacial score (nSPS) is 14.5. The van der Waals surface area contributed by atoms with Gasteiger partial charge in [0.1, 0.15) is 32.5 Å². The molecular formula is C40H35N9O22S7. The first-order valence-electron chi connectivity index (χ1n) is 20.9. The molecule has 0 spiro atoms. The number of hydrogen-bond acceptors (Lipinski definition) is 31. The lowest BCUT2D eigenvalue weighted by Gasteiger charge is -2.23. The van der Waals surface area contributed by atoms with Gasteiger partial charge in [-0.3, -0.25) is 22.8 Å². The minimum Gasteiger partial charge on any atom is -0.505 e. The Morgan fingerprint density at radius 3 is 1.91 bits per heavy atom. The molecule has 0 bridgehead atoms. The molecule has 0 aromatic heterocycles. The minimum atomic E-state index is -5.26. The summed E-state index contributed by atoms with van der Waals surface area (Å²) in [7, 11) is -19.1. The number of azo groups is 3. The van der Waals surface area contributed by atoms with Crippen molar-refractivity contribution in [2.45, 2.75) is 42.6 Å². The van der Waals surface area contributed by atoms with Gasteiger partial charge in [-0.1, -0.05) is 15.1 Å². The predicted molar refractivity (Wildman–Crippen MR) is 273 cm³/mol. The number of hydrogen-bond donors (Lipinski definition) is 9. The van der Waals surface area contributed by atoms with Crippen LogP contribution in [0.25, 0.3) is 10.8 Å². The lowest BCUT2D eigenvalue weighted by Crippen LogP contribution is -2.22. The van der Waals surface area contributed by atoms with Crippen molar-refractivity contribution in [2.24, 2.45) is 30.7 Å². The summed E-state index contributed by atoms with van der Waals surface area (Å²) in [4.78, 5) is 9.46. The molecule has 1 unspecified atom stereocenters. The number of rotatable bonds is 24. The summed E-state index contributed by atoms with van der Waals surface area (Å²) in [5.41, 5.74) is 11.5. The largest absolute Gasteiger partial charge is 0.505 e. The number of sulfonamides is 1. The van der Waals surface area contributed by atoms with Crippen LogP contribution in [0.4, 0.5) is 51.2 Å². The van der Waals surface area contributed by atoms with Gasteiger partial charge in [-0.05, 0) is 108 Å². The number of aromatic hydroxyl groups is 1. The fraction of sp³-hybridized carbons (Fsp3) is 0.125. The van der Waals surface area contributed by atoms with Crippen molar-refractivity contribution in [2.75, 3.05) is 28.5 Å². The number of carbonyl (C=O) groups is 1. The summed E-state index contributed by atoms with van der Waals surface area (Å²) in [6.07, 6.45) is 0.389. The standard InChI is InChI=1S/C40H35N9O22S7/c41-29-11-10-27-28(17-24(18-31(27)50)72-69-66-52)37(29)46-43-21-1-3-23(4-2-21)49-76(57,58)25-7-5-22(6-8-25)44-48-39-34(78(62,63)64)16-20-15-32(73-70-67-53)38(36(42)35(20)40(39)51)47-45-30-12-9-26(19-33(30)77(59,60)61)75(55,56)14-13-65-74-71-68-54/h1-12,15-16,19,24,49,51-54H,13-14,17-18,41-42H2,(H,59,60,61)(H,62,63,64). The summed E-state index contributed by atoms with van der Waals surface area (Å²) in [6.45, 7) is -0.553.